The Labute approximate surface area is 179 Å². The zero-order valence-electron chi connectivity index (χ0n) is 17.7. The summed E-state index contributed by atoms with van der Waals surface area (Å²) in [5, 5.41) is 7.68. The number of hydrogen-bond donors (Lipinski definition) is 2. The number of para-hydroxylation sites is 2. The average molecular weight is 428 g/mol. The molecule has 164 valence electrons. The Bertz CT molecular complexity index is 897. The minimum absolute atomic E-state index is 0.459. The van der Waals surface area contributed by atoms with E-state index in [1.165, 1.54) is 40.9 Å². The van der Waals surface area contributed by atoms with Crippen molar-refractivity contribution in [3.05, 3.63) is 47.5 Å². The molecule has 0 unspecified atom stereocenters. The lowest BCUT2D eigenvalue weighted by molar-refractivity contribution is -0.129. The third-order valence-electron chi connectivity index (χ3n) is 3.97. The van der Waals surface area contributed by atoms with Crippen molar-refractivity contribution >= 4 is 24.2 Å². The van der Waals surface area contributed by atoms with Crippen LogP contribution in [0, 0.1) is 0 Å². The van der Waals surface area contributed by atoms with Gasteiger partial charge in [0.05, 0.1) is 40.9 Å². The molecule has 0 heterocycles. The average Bonchev–Trinajstić information content (AvgIpc) is 2.78. The van der Waals surface area contributed by atoms with E-state index in [4.69, 9.17) is 18.9 Å². The van der Waals surface area contributed by atoms with Crippen molar-refractivity contribution in [3.63, 3.8) is 0 Å². The molecule has 0 radical (unpaired) electrons. The molecule has 10 nitrogen and oxygen atoms in total. The fourth-order valence-corrected chi connectivity index (χ4v) is 2.60. The van der Waals surface area contributed by atoms with Gasteiger partial charge in [0.25, 0.3) is 0 Å². The second kappa shape index (κ2) is 11.8. The topological polar surface area (TPSA) is 120 Å². The molecule has 0 bridgehead atoms. The molecule has 2 amide bonds. The van der Waals surface area contributed by atoms with E-state index in [0.29, 0.717) is 34.1 Å². The maximum atomic E-state index is 11.9. The Morgan fingerprint density at radius 1 is 0.742 bits per heavy atom. The van der Waals surface area contributed by atoms with E-state index in [-0.39, 0.29) is 0 Å². The van der Waals surface area contributed by atoms with Gasteiger partial charge in [-0.15, -0.1) is 0 Å². The van der Waals surface area contributed by atoms with Crippen LogP contribution in [0.4, 0.5) is 0 Å². The minimum atomic E-state index is -0.607. The van der Waals surface area contributed by atoms with Crippen molar-refractivity contribution in [1.82, 2.24) is 10.9 Å². The Morgan fingerprint density at radius 3 is 1.52 bits per heavy atom. The third kappa shape index (κ3) is 6.46. The van der Waals surface area contributed by atoms with Crippen molar-refractivity contribution in [2.45, 2.75) is 6.42 Å². The lowest BCUT2D eigenvalue weighted by Crippen LogP contribution is -2.27. The van der Waals surface area contributed by atoms with Gasteiger partial charge in [-0.3, -0.25) is 9.59 Å². The number of rotatable bonds is 10. The summed E-state index contributed by atoms with van der Waals surface area (Å²) in [5.41, 5.74) is 5.76. The normalized spacial score (nSPS) is 10.7. The van der Waals surface area contributed by atoms with Crippen molar-refractivity contribution in [1.29, 1.82) is 0 Å². The van der Waals surface area contributed by atoms with Crippen LogP contribution in [0.3, 0.4) is 0 Å². The monoisotopic (exact) mass is 428 g/mol. The molecule has 0 fully saturated rings. The third-order valence-corrected chi connectivity index (χ3v) is 3.97. The van der Waals surface area contributed by atoms with Crippen LogP contribution < -0.4 is 29.8 Å². The van der Waals surface area contributed by atoms with Crippen LogP contribution in [-0.4, -0.2) is 52.7 Å². The van der Waals surface area contributed by atoms with Crippen LogP contribution in [-0.2, 0) is 9.59 Å². The fourth-order valence-electron chi connectivity index (χ4n) is 2.60. The highest BCUT2D eigenvalue weighted by Crippen LogP contribution is 2.30. The Balaban J connectivity index is 1.89. The number of hydrogen-bond acceptors (Lipinski definition) is 8. The maximum Gasteiger partial charge on any atom is 0.249 e. The largest absolute Gasteiger partial charge is 0.493 e. The van der Waals surface area contributed by atoms with Gasteiger partial charge in [-0.05, 0) is 24.3 Å². The van der Waals surface area contributed by atoms with Gasteiger partial charge in [0.2, 0.25) is 11.8 Å². The van der Waals surface area contributed by atoms with Crippen molar-refractivity contribution < 1.29 is 28.5 Å². The van der Waals surface area contributed by atoms with E-state index < -0.39 is 18.2 Å². The van der Waals surface area contributed by atoms with Crippen LogP contribution in [0.25, 0.3) is 0 Å². The highest BCUT2D eigenvalue weighted by atomic mass is 16.5. The second-order valence-electron chi connectivity index (χ2n) is 5.93. The molecular weight excluding hydrogens is 404 g/mol. The first-order valence-corrected chi connectivity index (χ1v) is 9.09. The van der Waals surface area contributed by atoms with Gasteiger partial charge >= 0.3 is 0 Å². The Kier molecular flexibility index (Phi) is 8.84. The first-order chi connectivity index (χ1) is 15.0. The molecule has 0 spiro atoms. The fraction of sp³-hybridized carbons (Fsp3) is 0.238. The lowest BCUT2D eigenvalue weighted by Gasteiger charge is -2.09. The molecule has 0 aliphatic heterocycles. The maximum absolute atomic E-state index is 11.9. The van der Waals surface area contributed by atoms with Crippen LogP contribution in [0.2, 0.25) is 0 Å². The highest BCUT2D eigenvalue weighted by Gasteiger charge is 2.10. The number of ether oxygens (including phenoxy) is 4. The van der Waals surface area contributed by atoms with Gasteiger partial charge in [-0.2, -0.15) is 10.2 Å². The van der Waals surface area contributed by atoms with E-state index >= 15 is 0 Å². The summed E-state index contributed by atoms with van der Waals surface area (Å²) in [6.45, 7) is 0. The van der Waals surface area contributed by atoms with E-state index in [0.717, 1.165) is 0 Å². The number of nitrogens with zero attached hydrogens (tertiary/aromatic N) is 2. The summed E-state index contributed by atoms with van der Waals surface area (Å²) >= 11 is 0. The first kappa shape index (κ1) is 23.2. The Morgan fingerprint density at radius 2 is 1.16 bits per heavy atom. The molecule has 10 heteroatoms. The van der Waals surface area contributed by atoms with Crippen LogP contribution in [0.15, 0.2) is 46.6 Å². The number of methoxy groups -OCH3 is 4. The van der Waals surface area contributed by atoms with Crippen molar-refractivity contribution in [3.8, 4) is 23.0 Å². The van der Waals surface area contributed by atoms with E-state index in [1.807, 2.05) is 0 Å². The molecular formula is C21H24N4O6. The summed E-state index contributed by atoms with van der Waals surface area (Å²) < 4.78 is 20.9. The van der Waals surface area contributed by atoms with Gasteiger partial charge in [-0.1, -0.05) is 12.1 Å². The molecule has 2 N–H and O–H groups in total. The molecule has 0 aliphatic rings. The number of nitrogens with one attached hydrogen (secondary N) is 2. The summed E-state index contributed by atoms with van der Waals surface area (Å²) in [4.78, 5) is 23.8. The molecule has 0 saturated carbocycles. The van der Waals surface area contributed by atoms with Crippen LogP contribution in [0.1, 0.15) is 17.5 Å². The minimum Gasteiger partial charge on any atom is -0.493 e. The molecule has 2 aromatic rings. The van der Waals surface area contributed by atoms with Gasteiger partial charge < -0.3 is 18.9 Å². The predicted molar refractivity (Wildman–Crippen MR) is 115 cm³/mol. The summed E-state index contributed by atoms with van der Waals surface area (Å²) in [6, 6.07) is 10.5. The van der Waals surface area contributed by atoms with Crippen LogP contribution in [0.5, 0.6) is 23.0 Å². The van der Waals surface area contributed by atoms with Gasteiger partial charge in [0.1, 0.15) is 6.42 Å². The molecule has 0 aliphatic carbocycles. The zero-order valence-corrected chi connectivity index (χ0v) is 17.7. The molecule has 2 aromatic carbocycles. The SMILES string of the molecule is COc1cccc(C=NNC(=O)CC(=O)NN=Cc2cccc(OC)c2OC)c1OC. The number of carbonyl (C=O) groups is 2. The lowest BCUT2D eigenvalue weighted by atomic mass is 10.2. The number of hydrazone groups is 2. The smallest absolute Gasteiger partial charge is 0.249 e. The van der Waals surface area contributed by atoms with E-state index in [1.54, 1.807) is 36.4 Å². The Hall–Kier alpha value is -4.08. The first-order valence-electron chi connectivity index (χ1n) is 9.09. The van der Waals surface area contributed by atoms with E-state index in [2.05, 4.69) is 21.1 Å². The standard InChI is InChI=1S/C21H24N4O6/c1-28-16-9-5-7-14(20(16)30-3)12-22-24-18(26)11-19(27)25-23-13-15-8-6-10-17(29-2)21(15)31-4/h5-10,12-13H,11H2,1-4H3,(H,24,26)(H,25,27). The molecule has 31 heavy (non-hydrogen) atoms. The molecule has 0 saturated heterocycles. The van der Waals surface area contributed by atoms with E-state index in [9.17, 15) is 9.59 Å². The molecule has 2 rings (SSSR count). The molecule has 0 atom stereocenters. The number of amides is 2. The quantitative estimate of drug-likeness (QED) is 0.338. The van der Waals surface area contributed by atoms with Crippen molar-refractivity contribution in [2.24, 2.45) is 10.2 Å². The summed E-state index contributed by atoms with van der Waals surface area (Å²) in [6.07, 6.45) is 2.33. The summed E-state index contributed by atoms with van der Waals surface area (Å²) in [5.74, 6) is 0.797. The van der Waals surface area contributed by atoms with Crippen molar-refractivity contribution in [2.75, 3.05) is 28.4 Å². The van der Waals surface area contributed by atoms with Gasteiger partial charge in [-0.25, -0.2) is 10.9 Å². The van der Waals surface area contributed by atoms with Crippen LogP contribution >= 0.6 is 0 Å². The zero-order chi connectivity index (χ0) is 22.6. The van der Waals surface area contributed by atoms with Gasteiger partial charge in [0, 0.05) is 11.1 Å². The highest BCUT2D eigenvalue weighted by molar-refractivity contribution is 5.97. The summed E-state index contributed by atoms with van der Waals surface area (Å²) in [7, 11) is 6.04. The number of carbonyl (C=O) groups excluding carboxylic acids is 2. The predicted octanol–water partition coefficient (Wildman–Crippen LogP) is 1.71. The van der Waals surface area contributed by atoms with Gasteiger partial charge in [0.15, 0.2) is 23.0 Å². The molecule has 0 aromatic heterocycles. The second-order valence-corrected chi connectivity index (χ2v) is 5.93. The number of benzene rings is 2.